The summed E-state index contributed by atoms with van der Waals surface area (Å²) in [6.45, 7) is 12.2. The first-order valence-electron chi connectivity index (χ1n) is 14.3. The zero-order valence-electron chi connectivity index (χ0n) is 24.9. The quantitative estimate of drug-likeness (QED) is 0.263. The van der Waals surface area contributed by atoms with Crippen LogP contribution in [0.25, 0.3) is 16.9 Å². The lowest BCUT2D eigenvalue weighted by molar-refractivity contribution is 0.0610. The minimum Gasteiger partial charge on any atom is -0.490 e. The zero-order chi connectivity index (χ0) is 30.4. The maximum atomic E-state index is 13.3. The number of halogens is 2. The van der Waals surface area contributed by atoms with Crippen molar-refractivity contribution in [3.63, 3.8) is 0 Å². The number of carbonyl (C=O) groups is 2. The molecule has 1 aliphatic rings. The molecule has 0 saturated carbocycles. The Morgan fingerprint density at radius 2 is 1.71 bits per heavy atom. The number of hydrazine groups is 1. The van der Waals surface area contributed by atoms with Crippen LogP contribution in [0.5, 0.6) is 5.75 Å². The van der Waals surface area contributed by atoms with Crippen molar-refractivity contribution in [1.29, 1.82) is 0 Å². The second kappa shape index (κ2) is 13.8. The lowest BCUT2D eigenvalue weighted by Gasteiger charge is -2.33. The molecule has 1 fully saturated rings. The highest BCUT2D eigenvalue weighted by Crippen LogP contribution is 2.33. The van der Waals surface area contributed by atoms with Crippen molar-refractivity contribution in [2.75, 3.05) is 32.8 Å². The van der Waals surface area contributed by atoms with Crippen molar-refractivity contribution >= 4 is 35.2 Å². The first-order valence-corrected chi connectivity index (χ1v) is 15.0. The van der Waals surface area contributed by atoms with Crippen LogP contribution in [0.15, 0.2) is 42.5 Å². The lowest BCUT2D eigenvalue weighted by atomic mass is 10.1. The predicted octanol–water partition coefficient (Wildman–Crippen LogP) is 6.92. The fourth-order valence-electron chi connectivity index (χ4n) is 5.03. The number of nitrogens with one attached hydrogen (secondary N) is 1. The zero-order valence-corrected chi connectivity index (χ0v) is 26.4. The molecule has 9 nitrogen and oxygen atoms in total. The molecule has 1 saturated heterocycles. The molecule has 0 unspecified atom stereocenters. The number of amides is 2. The summed E-state index contributed by atoms with van der Waals surface area (Å²) in [6, 6.07) is 12.6. The van der Waals surface area contributed by atoms with Crippen molar-refractivity contribution < 1.29 is 19.1 Å². The number of rotatable bonds is 9. The Hall–Kier alpha value is -3.27. The predicted molar refractivity (Wildman–Crippen MR) is 166 cm³/mol. The van der Waals surface area contributed by atoms with E-state index in [0.29, 0.717) is 33.7 Å². The van der Waals surface area contributed by atoms with Crippen LogP contribution in [0, 0.1) is 6.92 Å². The molecule has 42 heavy (non-hydrogen) atoms. The van der Waals surface area contributed by atoms with Gasteiger partial charge in [0.1, 0.15) is 19.0 Å². The van der Waals surface area contributed by atoms with Crippen LogP contribution < -0.4 is 10.2 Å². The SMILES string of the molecule is CCN(C(=O)OCCOc1ccc(-c2c(C)c(C(=O)NN3CCCCC3)nn2-c2ccc(Cl)cc2Cl)cc1)C(C)(C)C. The van der Waals surface area contributed by atoms with Crippen molar-refractivity contribution in [1.82, 2.24) is 25.1 Å². The number of carbonyl (C=O) groups excluding carboxylic acids is 2. The van der Waals surface area contributed by atoms with Crippen molar-refractivity contribution in [3.05, 3.63) is 63.8 Å². The molecule has 1 aliphatic heterocycles. The molecule has 11 heteroatoms. The second-order valence-corrected chi connectivity index (χ2v) is 12.1. The smallest absolute Gasteiger partial charge is 0.410 e. The number of ether oxygens (including phenoxy) is 2. The fourth-order valence-corrected chi connectivity index (χ4v) is 5.52. The first-order chi connectivity index (χ1) is 20.0. The standard InChI is InChI=1S/C31H39Cl2N5O4/c1-6-37(31(3,4)5)30(40)42-19-18-41-24-13-10-22(11-14-24)28-21(2)27(29(39)35-36-16-8-7-9-17-36)34-38(28)26-15-12-23(32)20-25(26)33/h10-15,20H,6-9,16-19H2,1-5H3,(H,35,39). The molecule has 2 heterocycles. The largest absolute Gasteiger partial charge is 0.490 e. The molecule has 3 aromatic rings. The number of hydrogen-bond donors (Lipinski definition) is 1. The summed E-state index contributed by atoms with van der Waals surface area (Å²) in [5, 5.41) is 7.59. The Balaban J connectivity index is 1.53. The van der Waals surface area contributed by atoms with Crippen LogP contribution in [0.3, 0.4) is 0 Å². The number of hydrogen-bond acceptors (Lipinski definition) is 6. The van der Waals surface area contributed by atoms with Crippen molar-refractivity contribution in [2.45, 2.75) is 59.4 Å². The molecule has 0 radical (unpaired) electrons. The summed E-state index contributed by atoms with van der Waals surface area (Å²) in [4.78, 5) is 27.4. The highest BCUT2D eigenvalue weighted by molar-refractivity contribution is 6.35. The average Bonchev–Trinajstić information content (AvgIpc) is 3.28. The summed E-state index contributed by atoms with van der Waals surface area (Å²) in [5.41, 5.74) is 5.89. The summed E-state index contributed by atoms with van der Waals surface area (Å²) in [7, 11) is 0. The maximum Gasteiger partial charge on any atom is 0.410 e. The molecule has 0 aliphatic carbocycles. The number of aromatic nitrogens is 2. The third kappa shape index (κ3) is 7.56. The van der Waals surface area contributed by atoms with E-state index in [4.69, 9.17) is 37.8 Å². The van der Waals surface area contributed by atoms with E-state index >= 15 is 0 Å². The Morgan fingerprint density at radius 1 is 1.02 bits per heavy atom. The Morgan fingerprint density at radius 3 is 2.33 bits per heavy atom. The van der Waals surface area contributed by atoms with Crippen molar-refractivity contribution in [2.24, 2.45) is 0 Å². The van der Waals surface area contributed by atoms with Crippen LogP contribution >= 0.6 is 23.2 Å². The van der Waals surface area contributed by atoms with Crippen LogP contribution in [0.4, 0.5) is 4.79 Å². The maximum absolute atomic E-state index is 13.3. The molecule has 4 rings (SSSR count). The summed E-state index contributed by atoms with van der Waals surface area (Å²) in [6.07, 6.45) is 2.89. The molecule has 1 N–H and O–H groups in total. The summed E-state index contributed by atoms with van der Waals surface area (Å²) in [5.74, 6) is 0.358. The first kappa shape index (κ1) is 31.7. The minimum absolute atomic E-state index is 0.129. The van der Waals surface area contributed by atoms with E-state index in [1.54, 1.807) is 27.8 Å². The van der Waals surface area contributed by atoms with E-state index in [1.165, 1.54) is 6.42 Å². The second-order valence-electron chi connectivity index (χ2n) is 11.2. The highest BCUT2D eigenvalue weighted by atomic mass is 35.5. The van der Waals surface area contributed by atoms with Crippen molar-refractivity contribution in [3.8, 4) is 22.7 Å². The third-order valence-corrected chi connectivity index (χ3v) is 7.68. The van der Waals surface area contributed by atoms with E-state index in [9.17, 15) is 9.59 Å². The lowest BCUT2D eigenvalue weighted by Crippen LogP contribution is -2.46. The van der Waals surface area contributed by atoms with Gasteiger partial charge in [-0.1, -0.05) is 29.6 Å². The number of piperidine rings is 1. The van der Waals surface area contributed by atoms with E-state index in [-0.39, 0.29) is 30.8 Å². The van der Waals surface area contributed by atoms with E-state index in [0.717, 1.165) is 42.8 Å². The van der Waals surface area contributed by atoms with Gasteiger partial charge >= 0.3 is 6.09 Å². The highest BCUT2D eigenvalue weighted by Gasteiger charge is 2.27. The molecule has 0 atom stereocenters. The molecule has 2 aromatic carbocycles. The fraction of sp³-hybridized carbons (Fsp3) is 0.452. The Bertz CT molecular complexity index is 1400. The van der Waals surface area contributed by atoms with Gasteiger partial charge in [-0.2, -0.15) is 5.10 Å². The Labute approximate surface area is 257 Å². The topological polar surface area (TPSA) is 88.9 Å². The third-order valence-electron chi connectivity index (χ3n) is 7.14. The molecule has 0 spiro atoms. The Kier molecular flexibility index (Phi) is 10.4. The van der Waals surface area contributed by atoms with Gasteiger partial charge in [0.15, 0.2) is 5.69 Å². The van der Waals surface area contributed by atoms with Gasteiger partial charge in [-0.25, -0.2) is 14.5 Å². The van der Waals surface area contributed by atoms with Crippen LogP contribution in [0.1, 0.15) is 63.0 Å². The van der Waals surface area contributed by atoms with Gasteiger partial charge in [0, 0.05) is 41.3 Å². The minimum atomic E-state index is -0.367. The summed E-state index contributed by atoms with van der Waals surface area (Å²) >= 11 is 12.7. The summed E-state index contributed by atoms with van der Waals surface area (Å²) < 4.78 is 12.9. The van der Waals surface area contributed by atoms with Gasteiger partial charge in [-0.05, 0) is 89.9 Å². The molecule has 0 bridgehead atoms. The van der Waals surface area contributed by atoms with Crippen LogP contribution in [-0.4, -0.2) is 70.1 Å². The number of nitrogens with zero attached hydrogens (tertiary/aromatic N) is 4. The van der Waals surface area contributed by atoms with Crippen LogP contribution in [0.2, 0.25) is 10.0 Å². The van der Waals surface area contributed by atoms with Gasteiger partial charge < -0.3 is 14.4 Å². The van der Waals surface area contributed by atoms with Crippen LogP contribution in [-0.2, 0) is 4.74 Å². The van der Waals surface area contributed by atoms with E-state index in [1.807, 2.05) is 63.9 Å². The normalized spacial score (nSPS) is 14.0. The average molecular weight is 617 g/mol. The van der Waals surface area contributed by atoms with Gasteiger partial charge in [0.2, 0.25) is 0 Å². The molecular formula is C31H39Cl2N5O4. The van der Waals surface area contributed by atoms with E-state index in [2.05, 4.69) is 5.43 Å². The molecule has 1 aromatic heterocycles. The van der Waals surface area contributed by atoms with Gasteiger partial charge in [-0.3, -0.25) is 10.2 Å². The van der Waals surface area contributed by atoms with Gasteiger partial charge in [0.05, 0.1) is 16.4 Å². The molecule has 2 amide bonds. The molecule has 226 valence electrons. The molecular weight excluding hydrogens is 577 g/mol. The number of benzene rings is 2. The van der Waals surface area contributed by atoms with E-state index < -0.39 is 0 Å². The monoisotopic (exact) mass is 615 g/mol. The van der Waals surface area contributed by atoms with Gasteiger partial charge in [-0.15, -0.1) is 0 Å². The van der Waals surface area contributed by atoms with Gasteiger partial charge in [0.25, 0.3) is 5.91 Å².